The molecule has 1 atom stereocenters. The number of aromatic nitrogens is 4. The van der Waals surface area contributed by atoms with Crippen molar-refractivity contribution in [1.29, 1.82) is 0 Å². The molecule has 3 N–H and O–H groups in total. The van der Waals surface area contributed by atoms with Crippen molar-refractivity contribution >= 4 is 47.6 Å². The Bertz CT molecular complexity index is 1880. The standard InChI is InChI=1S/C38H47FN6O5Si/c1-7-14-28(21-22-50-51(38(2,3)4,29-15-10-8-11-16-29)30-17-12-9-13-18-30)40-35-33-32(41-36(42-35)43-37(47)49-6)34(39)44-45(33)24-27-20-19-26(25-46)23-31(27)48-5/h8-13,15-20,23,28,46H,7,14,21-22,24-25H2,1-6H3,(H2,40,41,42,43,47)/t28-/m0/s1. The summed E-state index contributed by atoms with van der Waals surface area (Å²) in [5.74, 6) is -0.123. The molecule has 3 aromatic carbocycles. The second kappa shape index (κ2) is 16.4. The molecule has 0 unspecified atom stereocenters. The van der Waals surface area contributed by atoms with Crippen molar-refractivity contribution in [2.75, 3.05) is 31.5 Å². The fourth-order valence-corrected chi connectivity index (χ4v) is 11.2. The van der Waals surface area contributed by atoms with Crippen LogP contribution in [0.4, 0.5) is 21.0 Å². The van der Waals surface area contributed by atoms with Crippen molar-refractivity contribution < 1.29 is 28.2 Å². The maximum absolute atomic E-state index is 15.6. The minimum atomic E-state index is -2.78. The largest absolute Gasteiger partial charge is 0.496 e. The average molecular weight is 715 g/mol. The summed E-state index contributed by atoms with van der Waals surface area (Å²) in [6, 6.07) is 26.2. The zero-order chi connectivity index (χ0) is 36.6. The van der Waals surface area contributed by atoms with E-state index in [4.69, 9.17) is 13.9 Å². The van der Waals surface area contributed by atoms with E-state index in [0.717, 1.165) is 12.8 Å². The topological polar surface area (TPSA) is 133 Å². The molecule has 0 spiro atoms. The Kier molecular flexibility index (Phi) is 12.1. The lowest BCUT2D eigenvalue weighted by Gasteiger charge is -2.43. The van der Waals surface area contributed by atoms with Crippen LogP contribution in [-0.4, -0.2) is 66.1 Å². The molecule has 5 rings (SSSR count). The van der Waals surface area contributed by atoms with Gasteiger partial charge in [0.25, 0.3) is 14.3 Å². The number of amides is 1. The van der Waals surface area contributed by atoms with Crippen LogP contribution in [0.3, 0.4) is 0 Å². The number of nitrogens with zero attached hydrogens (tertiary/aromatic N) is 4. The van der Waals surface area contributed by atoms with Gasteiger partial charge in [-0.25, -0.2) is 9.78 Å². The molecule has 1 amide bonds. The van der Waals surface area contributed by atoms with Crippen LogP contribution in [0.25, 0.3) is 11.0 Å². The molecule has 0 bridgehead atoms. The highest BCUT2D eigenvalue weighted by Crippen LogP contribution is 2.37. The van der Waals surface area contributed by atoms with Crippen molar-refractivity contribution in [2.24, 2.45) is 0 Å². The Balaban J connectivity index is 1.51. The first kappa shape index (κ1) is 37.4. The molecule has 5 aromatic rings. The molecular weight excluding hydrogens is 668 g/mol. The lowest BCUT2D eigenvalue weighted by Crippen LogP contribution is -2.66. The summed E-state index contributed by atoms with van der Waals surface area (Å²) in [7, 11) is -0.0164. The third-order valence-electron chi connectivity index (χ3n) is 8.98. The molecule has 0 saturated heterocycles. The van der Waals surface area contributed by atoms with E-state index in [-0.39, 0.29) is 35.7 Å². The van der Waals surface area contributed by atoms with E-state index >= 15 is 4.39 Å². The lowest BCUT2D eigenvalue weighted by molar-refractivity contribution is 0.186. The van der Waals surface area contributed by atoms with E-state index in [1.54, 1.807) is 18.2 Å². The number of hydrogen-bond donors (Lipinski definition) is 3. The zero-order valence-corrected chi connectivity index (χ0v) is 31.1. The van der Waals surface area contributed by atoms with E-state index in [2.05, 4.69) is 102 Å². The van der Waals surface area contributed by atoms with Gasteiger partial charge in [-0.2, -0.15) is 9.37 Å². The molecule has 2 heterocycles. The first-order valence-electron chi connectivity index (χ1n) is 17.1. The summed E-state index contributed by atoms with van der Waals surface area (Å²) in [5, 5.41) is 22.0. The maximum Gasteiger partial charge on any atom is 0.413 e. The van der Waals surface area contributed by atoms with Crippen LogP contribution in [-0.2, 0) is 22.3 Å². The summed E-state index contributed by atoms with van der Waals surface area (Å²) in [6.45, 7) is 9.28. The van der Waals surface area contributed by atoms with Crippen LogP contribution >= 0.6 is 0 Å². The third kappa shape index (κ3) is 8.22. The van der Waals surface area contributed by atoms with Gasteiger partial charge in [-0.05, 0) is 39.9 Å². The molecule has 0 radical (unpaired) electrons. The van der Waals surface area contributed by atoms with Crippen LogP contribution in [0.1, 0.15) is 58.1 Å². The molecule has 0 aliphatic heterocycles. The average Bonchev–Trinajstić information content (AvgIpc) is 3.44. The summed E-state index contributed by atoms with van der Waals surface area (Å²) in [4.78, 5) is 21.1. The fraction of sp³-hybridized carbons (Fsp3) is 0.368. The molecule has 13 heteroatoms. The predicted octanol–water partition coefficient (Wildman–Crippen LogP) is 6.24. The van der Waals surface area contributed by atoms with E-state index in [0.29, 0.717) is 41.2 Å². The second-order valence-electron chi connectivity index (χ2n) is 13.4. The smallest absolute Gasteiger partial charge is 0.413 e. The highest BCUT2D eigenvalue weighted by atomic mass is 28.4. The molecule has 11 nitrogen and oxygen atoms in total. The number of hydrogen-bond acceptors (Lipinski definition) is 9. The van der Waals surface area contributed by atoms with Crippen molar-refractivity contribution in [3.63, 3.8) is 0 Å². The van der Waals surface area contributed by atoms with E-state index in [1.807, 2.05) is 12.1 Å². The zero-order valence-electron chi connectivity index (χ0n) is 30.1. The van der Waals surface area contributed by atoms with E-state index < -0.39 is 20.4 Å². The first-order chi connectivity index (χ1) is 24.5. The van der Waals surface area contributed by atoms with Gasteiger partial charge in [0.05, 0.1) is 27.4 Å². The van der Waals surface area contributed by atoms with Gasteiger partial charge in [0, 0.05) is 18.2 Å². The summed E-state index contributed by atoms with van der Waals surface area (Å²) in [5.41, 5.74) is 1.65. The number of aliphatic hydroxyl groups is 1. The van der Waals surface area contributed by atoms with Crippen LogP contribution in [0, 0.1) is 5.95 Å². The highest BCUT2D eigenvalue weighted by molar-refractivity contribution is 6.99. The normalized spacial score (nSPS) is 12.5. The summed E-state index contributed by atoms with van der Waals surface area (Å²) < 4.78 is 34.6. The lowest BCUT2D eigenvalue weighted by atomic mass is 10.1. The van der Waals surface area contributed by atoms with Gasteiger partial charge >= 0.3 is 6.09 Å². The van der Waals surface area contributed by atoms with Crippen LogP contribution < -0.4 is 25.7 Å². The molecule has 0 aliphatic carbocycles. The SMILES string of the molecule is CCC[C@@H](CCO[Si](c1ccccc1)(c1ccccc1)C(C)(C)C)Nc1nc(NC(=O)OC)nc2c(F)nn(Cc3ccc(CO)cc3OC)c12. The van der Waals surface area contributed by atoms with Crippen LogP contribution in [0.15, 0.2) is 78.9 Å². The Hall–Kier alpha value is -4.85. The van der Waals surface area contributed by atoms with Crippen LogP contribution in [0.5, 0.6) is 5.75 Å². The third-order valence-corrected chi connectivity index (χ3v) is 14.0. The molecule has 2 aromatic heterocycles. The van der Waals surface area contributed by atoms with Gasteiger partial charge < -0.3 is 24.3 Å². The van der Waals surface area contributed by atoms with Crippen molar-refractivity contribution in [3.8, 4) is 5.75 Å². The summed E-state index contributed by atoms with van der Waals surface area (Å²) in [6.07, 6.45) is 1.46. The summed E-state index contributed by atoms with van der Waals surface area (Å²) >= 11 is 0. The van der Waals surface area contributed by atoms with Crippen molar-refractivity contribution in [2.45, 2.75) is 71.2 Å². The number of aliphatic hydroxyl groups excluding tert-OH is 1. The van der Waals surface area contributed by atoms with Gasteiger partial charge in [0.2, 0.25) is 5.95 Å². The second-order valence-corrected chi connectivity index (χ2v) is 17.7. The molecular formula is C38H47FN6O5Si. The number of carbonyl (C=O) groups is 1. The maximum atomic E-state index is 15.6. The van der Waals surface area contributed by atoms with Gasteiger partial charge in [0.1, 0.15) is 11.3 Å². The number of carbonyl (C=O) groups excluding carboxylic acids is 1. The molecule has 0 saturated carbocycles. The minimum absolute atomic E-state index is 0.0661. The highest BCUT2D eigenvalue weighted by Gasteiger charge is 2.50. The Morgan fingerprint density at radius 2 is 1.65 bits per heavy atom. The first-order valence-corrected chi connectivity index (χ1v) is 19.0. The van der Waals surface area contributed by atoms with Gasteiger partial charge in [-0.1, -0.05) is 107 Å². The quantitative estimate of drug-likeness (QED) is 0.108. The Labute approximate surface area is 299 Å². The molecule has 0 aliphatic rings. The number of benzene rings is 3. The number of ether oxygens (including phenoxy) is 2. The number of rotatable bonds is 15. The minimum Gasteiger partial charge on any atom is -0.496 e. The molecule has 270 valence electrons. The molecule has 0 fully saturated rings. The number of halogens is 1. The number of anilines is 2. The van der Waals surface area contributed by atoms with Gasteiger partial charge in [-0.3, -0.25) is 10.00 Å². The van der Waals surface area contributed by atoms with Crippen LogP contribution in [0.2, 0.25) is 5.04 Å². The fourth-order valence-electron chi connectivity index (χ4n) is 6.59. The Morgan fingerprint density at radius 3 is 2.22 bits per heavy atom. The predicted molar refractivity (Wildman–Crippen MR) is 200 cm³/mol. The Morgan fingerprint density at radius 1 is 0.980 bits per heavy atom. The monoisotopic (exact) mass is 714 g/mol. The van der Waals surface area contributed by atoms with E-state index in [9.17, 15) is 9.90 Å². The van der Waals surface area contributed by atoms with Gasteiger partial charge in [0.15, 0.2) is 11.3 Å². The number of fused-ring (bicyclic) bond motifs is 1. The van der Waals surface area contributed by atoms with E-state index in [1.165, 1.54) is 29.3 Å². The van der Waals surface area contributed by atoms with Crippen molar-refractivity contribution in [1.82, 2.24) is 19.7 Å². The van der Waals surface area contributed by atoms with Crippen molar-refractivity contribution in [3.05, 3.63) is 95.9 Å². The number of methoxy groups -OCH3 is 2. The molecule has 51 heavy (non-hydrogen) atoms. The van der Waals surface area contributed by atoms with Gasteiger partial charge in [-0.15, -0.1) is 5.10 Å². The number of nitrogens with one attached hydrogen (secondary N) is 2.